The van der Waals surface area contributed by atoms with Gasteiger partial charge in [0.25, 0.3) is 5.56 Å². The SMILES string of the molecule is Cn1c(=O)c2c(ncn2Cc2nnsc2Cl)n(C)c1=O. The molecule has 0 unspecified atom stereocenters. The van der Waals surface area contributed by atoms with Crippen molar-refractivity contribution in [3.63, 3.8) is 0 Å². The Morgan fingerprint density at radius 3 is 2.70 bits per heavy atom. The third-order valence-corrected chi connectivity index (χ3v) is 4.03. The fourth-order valence-electron chi connectivity index (χ4n) is 1.97. The zero-order chi connectivity index (χ0) is 14.4. The third-order valence-electron chi connectivity index (χ3n) is 3.05. The second-order valence-corrected chi connectivity index (χ2v) is 5.60. The van der Waals surface area contributed by atoms with Crippen LogP contribution in [0, 0.1) is 0 Å². The van der Waals surface area contributed by atoms with Gasteiger partial charge in [0.15, 0.2) is 11.2 Å². The van der Waals surface area contributed by atoms with E-state index in [0.29, 0.717) is 21.2 Å². The molecule has 0 radical (unpaired) electrons. The van der Waals surface area contributed by atoms with Crippen molar-refractivity contribution in [3.8, 4) is 0 Å². The summed E-state index contributed by atoms with van der Waals surface area (Å²) in [4.78, 5) is 28.2. The molecule has 0 bridgehead atoms. The van der Waals surface area contributed by atoms with Crippen molar-refractivity contribution in [3.05, 3.63) is 37.2 Å². The topological polar surface area (TPSA) is 87.6 Å². The maximum Gasteiger partial charge on any atom is 0.332 e. The number of nitrogens with zero attached hydrogens (tertiary/aromatic N) is 6. The highest BCUT2D eigenvalue weighted by Crippen LogP contribution is 2.19. The molecule has 3 heterocycles. The largest absolute Gasteiger partial charge is 0.332 e. The van der Waals surface area contributed by atoms with Crippen molar-refractivity contribution >= 4 is 34.3 Å². The summed E-state index contributed by atoms with van der Waals surface area (Å²) in [5.74, 6) is 0. The smallest absolute Gasteiger partial charge is 0.318 e. The molecule has 0 amide bonds. The van der Waals surface area contributed by atoms with E-state index in [9.17, 15) is 9.59 Å². The molecule has 0 aliphatic rings. The van der Waals surface area contributed by atoms with Gasteiger partial charge in [0, 0.05) is 25.6 Å². The minimum atomic E-state index is -0.416. The monoisotopic (exact) mass is 312 g/mol. The molecule has 0 N–H and O–H groups in total. The van der Waals surface area contributed by atoms with Crippen LogP contribution in [0.5, 0.6) is 0 Å². The van der Waals surface area contributed by atoms with Crippen LogP contribution in [0.1, 0.15) is 5.69 Å². The molecule has 0 fully saturated rings. The van der Waals surface area contributed by atoms with Crippen molar-refractivity contribution in [2.24, 2.45) is 14.1 Å². The average Bonchev–Trinajstić information content (AvgIpc) is 3.02. The fraction of sp³-hybridized carbons (Fsp3) is 0.300. The third kappa shape index (κ3) is 1.78. The minimum Gasteiger partial charge on any atom is -0.318 e. The number of aryl methyl sites for hydroxylation is 1. The number of imidazole rings is 1. The van der Waals surface area contributed by atoms with Gasteiger partial charge in [0.1, 0.15) is 10.0 Å². The summed E-state index contributed by atoms with van der Waals surface area (Å²) in [6, 6.07) is 0. The lowest BCUT2D eigenvalue weighted by Crippen LogP contribution is -2.37. The predicted octanol–water partition coefficient (Wildman–Crippen LogP) is -0.0131. The molecular formula is C10H9ClN6O2S. The molecule has 104 valence electrons. The minimum absolute atomic E-state index is 0.277. The summed E-state index contributed by atoms with van der Waals surface area (Å²) in [6.07, 6.45) is 1.49. The van der Waals surface area contributed by atoms with Gasteiger partial charge in [-0.3, -0.25) is 13.9 Å². The second-order valence-electron chi connectivity index (χ2n) is 4.24. The van der Waals surface area contributed by atoms with Gasteiger partial charge in [0.05, 0.1) is 12.9 Å². The van der Waals surface area contributed by atoms with Crippen LogP contribution in [0.4, 0.5) is 0 Å². The van der Waals surface area contributed by atoms with Crippen LogP contribution in [-0.2, 0) is 20.6 Å². The molecule has 0 atom stereocenters. The van der Waals surface area contributed by atoms with Crippen molar-refractivity contribution in [1.82, 2.24) is 28.3 Å². The maximum atomic E-state index is 12.2. The summed E-state index contributed by atoms with van der Waals surface area (Å²) < 4.78 is 8.19. The molecule has 3 aromatic heterocycles. The Morgan fingerprint density at radius 1 is 1.30 bits per heavy atom. The summed E-state index contributed by atoms with van der Waals surface area (Å²) >= 11 is 7.03. The van der Waals surface area contributed by atoms with E-state index in [2.05, 4.69) is 14.6 Å². The average molecular weight is 313 g/mol. The standard InChI is InChI=1S/C10H9ClN6O2S/c1-15-8-6(9(18)16(2)10(15)19)17(4-12-8)3-5-7(11)20-14-13-5/h4H,3H2,1-2H3. The summed E-state index contributed by atoms with van der Waals surface area (Å²) in [5, 5.41) is 3.90. The van der Waals surface area contributed by atoms with Crippen LogP contribution in [0.25, 0.3) is 11.2 Å². The van der Waals surface area contributed by atoms with E-state index in [4.69, 9.17) is 11.6 Å². The highest BCUT2D eigenvalue weighted by Gasteiger charge is 2.16. The van der Waals surface area contributed by atoms with E-state index in [1.54, 1.807) is 11.6 Å². The van der Waals surface area contributed by atoms with Gasteiger partial charge >= 0.3 is 5.69 Å². The first-order chi connectivity index (χ1) is 9.50. The van der Waals surface area contributed by atoms with Crippen LogP contribution >= 0.6 is 23.1 Å². The number of hydrogen-bond acceptors (Lipinski definition) is 6. The van der Waals surface area contributed by atoms with E-state index in [1.807, 2.05) is 0 Å². The van der Waals surface area contributed by atoms with Gasteiger partial charge in [-0.2, -0.15) is 0 Å². The lowest BCUT2D eigenvalue weighted by Gasteiger charge is -2.05. The summed E-state index contributed by atoms with van der Waals surface area (Å²) in [5.41, 5.74) is 0.406. The molecule has 0 aliphatic carbocycles. The fourth-order valence-corrected chi connectivity index (χ4v) is 2.58. The van der Waals surface area contributed by atoms with Gasteiger partial charge in [-0.15, -0.1) is 5.10 Å². The maximum absolute atomic E-state index is 12.2. The Morgan fingerprint density at radius 2 is 2.05 bits per heavy atom. The van der Waals surface area contributed by atoms with Crippen LogP contribution in [0.15, 0.2) is 15.9 Å². The first kappa shape index (κ1) is 13.0. The zero-order valence-electron chi connectivity index (χ0n) is 10.6. The van der Waals surface area contributed by atoms with Gasteiger partial charge in [-0.1, -0.05) is 16.1 Å². The Labute approximate surface area is 121 Å². The van der Waals surface area contributed by atoms with Crippen LogP contribution in [-0.4, -0.2) is 28.3 Å². The van der Waals surface area contributed by atoms with Gasteiger partial charge in [0.2, 0.25) is 0 Å². The molecule has 0 saturated heterocycles. The molecule has 3 rings (SSSR count). The van der Waals surface area contributed by atoms with Crippen molar-refractivity contribution < 1.29 is 0 Å². The van der Waals surface area contributed by atoms with E-state index in [-0.39, 0.29) is 6.54 Å². The van der Waals surface area contributed by atoms with Crippen LogP contribution in [0.3, 0.4) is 0 Å². The van der Waals surface area contributed by atoms with Crippen LogP contribution in [0.2, 0.25) is 4.34 Å². The molecule has 0 spiro atoms. The van der Waals surface area contributed by atoms with Crippen LogP contribution < -0.4 is 11.2 Å². The highest BCUT2D eigenvalue weighted by molar-refractivity contribution is 7.10. The lowest BCUT2D eigenvalue weighted by molar-refractivity contribution is 0.701. The Hall–Kier alpha value is -2.00. The number of aromatic nitrogens is 6. The molecule has 20 heavy (non-hydrogen) atoms. The normalized spacial score (nSPS) is 11.3. The second kappa shape index (κ2) is 4.53. The molecular weight excluding hydrogens is 304 g/mol. The first-order valence-electron chi connectivity index (χ1n) is 5.58. The van der Waals surface area contributed by atoms with E-state index in [0.717, 1.165) is 16.1 Å². The highest BCUT2D eigenvalue weighted by atomic mass is 35.5. The molecule has 3 aromatic rings. The number of fused-ring (bicyclic) bond motifs is 1. The van der Waals surface area contributed by atoms with E-state index in [1.165, 1.54) is 17.9 Å². The Bertz CT molecular complexity index is 920. The van der Waals surface area contributed by atoms with Crippen molar-refractivity contribution in [2.45, 2.75) is 6.54 Å². The summed E-state index contributed by atoms with van der Waals surface area (Å²) in [7, 11) is 3.00. The Kier molecular flexibility index (Phi) is 2.94. The molecule has 10 heteroatoms. The quantitative estimate of drug-likeness (QED) is 0.664. The van der Waals surface area contributed by atoms with E-state index >= 15 is 0 Å². The molecule has 8 nitrogen and oxygen atoms in total. The van der Waals surface area contributed by atoms with Gasteiger partial charge < -0.3 is 4.57 Å². The number of halogens is 1. The number of hydrogen-bond donors (Lipinski definition) is 0. The number of rotatable bonds is 2. The van der Waals surface area contributed by atoms with E-state index < -0.39 is 11.2 Å². The summed E-state index contributed by atoms with van der Waals surface area (Å²) in [6.45, 7) is 0.277. The first-order valence-corrected chi connectivity index (χ1v) is 6.73. The van der Waals surface area contributed by atoms with Gasteiger partial charge in [-0.05, 0) is 0 Å². The Balaban J connectivity index is 2.27. The zero-order valence-corrected chi connectivity index (χ0v) is 12.1. The lowest BCUT2D eigenvalue weighted by atomic mass is 10.4. The van der Waals surface area contributed by atoms with Crippen molar-refractivity contribution in [2.75, 3.05) is 0 Å². The van der Waals surface area contributed by atoms with Gasteiger partial charge in [-0.25, -0.2) is 9.78 Å². The van der Waals surface area contributed by atoms with Crippen molar-refractivity contribution in [1.29, 1.82) is 0 Å². The molecule has 0 aliphatic heterocycles. The molecule has 0 saturated carbocycles. The predicted molar refractivity (Wildman–Crippen MR) is 74.2 cm³/mol. The molecule has 0 aromatic carbocycles.